The van der Waals surface area contributed by atoms with Crippen LogP contribution in [0.2, 0.25) is 0 Å². The number of carbonyl (C=O) groups excluding carboxylic acids is 2. The fraction of sp³-hybridized carbons (Fsp3) is 0.467. The molecule has 0 aliphatic carbocycles. The zero-order valence-electron chi connectivity index (χ0n) is 11.8. The molecule has 0 saturated carbocycles. The van der Waals surface area contributed by atoms with E-state index in [0.717, 1.165) is 0 Å². The molecule has 1 aromatic rings. The van der Waals surface area contributed by atoms with E-state index < -0.39 is 0 Å². The zero-order chi connectivity index (χ0) is 14.5. The molecule has 5 heteroatoms. The quantitative estimate of drug-likeness (QED) is 0.879. The second-order valence-corrected chi connectivity index (χ2v) is 5.21. The van der Waals surface area contributed by atoms with Gasteiger partial charge in [0.1, 0.15) is 5.75 Å². The highest BCUT2D eigenvalue weighted by Crippen LogP contribution is 2.14. The molecule has 1 aliphatic heterocycles. The summed E-state index contributed by atoms with van der Waals surface area (Å²) >= 11 is 0. The van der Waals surface area contributed by atoms with Crippen molar-refractivity contribution in [2.24, 2.45) is 0 Å². The number of nitrogens with zero attached hydrogens (tertiary/aromatic N) is 1. The summed E-state index contributed by atoms with van der Waals surface area (Å²) in [6, 6.07) is 9.24. The lowest BCUT2D eigenvalue weighted by Gasteiger charge is -2.21. The standard InChI is InChI=1S/C15H20N2O3/c1-11(2)17-9-12(8-15(17)19)16-14(18)10-20-13-6-4-3-5-7-13/h3-7,11-12H,8-10H2,1-2H3,(H,16,18). The highest BCUT2D eigenvalue weighted by Gasteiger charge is 2.31. The van der Waals surface area contributed by atoms with E-state index in [0.29, 0.717) is 18.7 Å². The minimum atomic E-state index is -0.197. The largest absolute Gasteiger partial charge is 0.484 e. The predicted molar refractivity (Wildman–Crippen MR) is 75.3 cm³/mol. The lowest BCUT2D eigenvalue weighted by Crippen LogP contribution is -2.40. The molecular weight excluding hydrogens is 256 g/mol. The SMILES string of the molecule is CC(C)N1CC(NC(=O)COc2ccccc2)CC1=O. The molecule has 2 amide bonds. The molecule has 1 atom stereocenters. The van der Waals surface area contributed by atoms with Gasteiger partial charge in [0.15, 0.2) is 6.61 Å². The minimum Gasteiger partial charge on any atom is -0.484 e. The van der Waals surface area contributed by atoms with E-state index in [2.05, 4.69) is 5.32 Å². The maximum absolute atomic E-state index is 11.8. The van der Waals surface area contributed by atoms with Crippen LogP contribution in [0.25, 0.3) is 0 Å². The molecule has 20 heavy (non-hydrogen) atoms. The number of rotatable bonds is 5. The van der Waals surface area contributed by atoms with Crippen LogP contribution in [-0.4, -0.2) is 41.9 Å². The van der Waals surface area contributed by atoms with Gasteiger partial charge in [-0.15, -0.1) is 0 Å². The molecule has 0 bridgehead atoms. The highest BCUT2D eigenvalue weighted by molar-refractivity contribution is 5.82. The maximum atomic E-state index is 11.8. The van der Waals surface area contributed by atoms with E-state index in [1.807, 2.05) is 32.0 Å². The highest BCUT2D eigenvalue weighted by atomic mass is 16.5. The second-order valence-electron chi connectivity index (χ2n) is 5.21. The van der Waals surface area contributed by atoms with E-state index in [4.69, 9.17) is 4.74 Å². The van der Waals surface area contributed by atoms with Crippen molar-refractivity contribution in [3.63, 3.8) is 0 Å². The first kappa shape index (κ1) is 14.4. The first-order valence-corrected chi connectivity index (χ1v) is 6.83. The van der Waals surface area contributed by atoms with Gasteiger partial charge in [-0.05, 0) is 26.0 Å². The van der Waals surface area contributed by atoms with Crippen molar-refractivity contribution in [1.82, 2.24) is 10.2 Å². The Morgan fingerprint density at radius 2 is 2.10 bits per heavy atom. The summed E-state index contributed by atoms with van der Waals surface area (Å²) in [6.45, 7) is 4.49. The number of para-hydroxylation sites is 1. The third-order valence-corrected chi connectivity index (χ3v) is 3.26. The van der Waals surface area contributed by atoms with Gasteiger partial charge in [-0.2, -0.15) is 0 Å². The van der Waals surface area contributed by atoms with Gasteiger partial charge >= 0.3 is 0 Å². The predicted octanol–water partition coefficient (Wildman–Crippen LogP) is 1.19. The van der Waals surface area contributed by atoms with E-state index in [-0.39, 0.29) is 30.5 Å². The topological polar surface area (TPSA) is 58.6 Å². The van der Waals surface area contributed by atoms with Gasteiger partial charge < -0.3 is 15.0 Å². The molecule has 0 aromatic heterocycles. The van der Waals surface area contributed by atoms with Crippen molar-refractivity contribution in [3.8, 4) is 5.75 Å². The Morgan fingerprint density at radius 1 is 1.40 bits per heavy atom. The average molecular weight is 276 g/mol. The Hall–Kier alpha value is -2.04. The van der Waals surface area contributed by atoms with Gasteiger partial charge in [-0.1, -0.05) is 18.2 Å². The second kappa shape index (κ2) is 6.41. The molecule has 1 heterocycles. The van der Waals surface area contributed by atoms with Crippen molar-refractivity contribution in [1.29, 1.82) is 0 Å². The smallest absolute Gasteiger partial charge is 0.258 e. The molecule has 108 valence electrons. The lowest BCUT2D eigenvalue weighted by molar-refractivity contribution is -0.129. The summed E-state index contributed by atoms with van der Waals surface area (Å²) in [6.07, 6.45) is 0.370. The van der Waals surface area contributed by atoms with Crippen molar-refractivity contribution in [3.05, 3.63) is 30.3 Å². The number of carbonyl (C=O) groups is 2. The molecular formula is C15H20N2O3. The molecule has 2 rings (SSSR count). The Morgan fingerprint density at radius 3 is 2.70 bits per heavy atom. The van der Waals surface area contributed by atoms with Crippen LogP contribution in [0.5, 0.6) is 5.75 Å². The third-order valence-electron chi connectivity index (χ3n) is 3.26. The van der Waals surface area contributed by atoms with Gasteiger partial charge in [0.25, 0.3) is 5.91 Å². The van der Waals surface area contributed by atoms with Crippen LogP contribution in [0.3, 0.4) is 0 Å². The fourth-order valence-corrected chi connectivity index (χ4v) is 2.26. The van der Waals surface area contributed by atoms with Gasteiger partial charge in [0.05, 0.1) is 6.04 Å². The van der Waals surface area contributed by atoms with Gasteiger partial charge in [0.2, 0.25) is 5.91 Å². The first-order chi connectivity index (χ1) is 9.56. The summed E-state index contributed by atoms with van der Waals surface area (Å²) in [7, 11) is 0. The average Bonchev–Trinajstić information content (AvgIpc) is 2.78. The molecule has 0 radical (unpaired) electrons. The lowest BCUT2D eigenvalue weighted by atomic mass is 10.2. The molecule has 1 aromatic carbocycles. The normalized spacial score (nSPS) is 18.4. The summed E-state index contributed by atoms with van der Waals surface area (Å²) in [5.41, 5.74) is 0. The molecule has 0 spiro atoms. The van der Waals surface area contributed by atoms with E-state index in [1.54, 1.807) is 17.0 Å². The van der Waals surface area contributed by atoms with E-state index in [9.17, 15) is 9.59 Å². The van der Waals surface area contributed by atoms with Crippen LogP contribution in [-0.2, 0) is 9.59 Å². The summed E-state index contributed by atoms with van der Waals surface area (Å²) in [4.78, 5) is 25.3. The van der Waals surface area contributed by atoms with Gasteiger partial charge in [-0.3, -0.25) is 9.59 Å². The van der Waals surface area contributed by atoms with Crippen LogP contribution in [0.4, 0.5) is 0 Å². The fourth-order valence-electron chi connectivity index (χ4n) is 2.26. The van der Waals surface area contributed by atoms with E-state index >= 15 is 0 Å². The molecule has 5 nitrogen and oxygen atoms in total. The molecule has 1 N–H and O–H groups in total. The van der Waals surface area contributed by atoms with Crippen LogP contribution < -0.4 is 10.1 Å². The Bertz CT molecular complexity index is 473. The van der Waals surface area contributed by atoms with E-state index in [1.165, 1.54) is 0 Å². The number of amides is 2. The minimum absolute atomic E-state index is 0.0314. The van der Waals surface area contributed by atoms with Crippen molar-refractivity contribution in [2.45, 2.75) is 32.4 Å². The number of likely N-dealkylation sites (tertiary alicyclic amines) is 1. The number of benzene rings is 1. The Kier molecular flexibility index (Phi) is 4.61. The van der Waals surface area contributed by atoms with Gasteiger partial charge in [0, 0.05) is 19.0 Å². The Balaban J connectivity index is 1.77. The van der Waals surface area contributed by atoms with Crippen LogP contribution in [0, 0.1) is 0 Å². The van der Waals surface area contributed by atoms with Crippen molar-refractivity contribution in [2.75, 3.05) is 13.2 Å². The maximum Gasteiger partial charge on any atom is 0.258 e. The molecule has 1 fully saturated rings. The number of nitrogens with one attached hydrogen (secondary N) is 1. The summed E-state index contributed by atoms with van der Waals surface area (Å²) in [5.74, 6) is 0.556. The molecule has 1 saturated heterocycles. The van der Waals surface area contributed by atoms with Crippen molar-refractivity contribution >= 4 is 11.8 Å². The monoisotopic (exact) mass is 276 g/mol. The molecule has 1 unspecified atom stereocenters. The number of hydrogen-bond acceptors (Lipinski definition) is 3. The number of ether oxygens (including phenoxy) is 1. The van der Waals surface area contributed by atoms with Crippen LogP contribution in [0.1, 0.15) is 20.3 Å². The first-order valence-electron chi connectivity index (χ1n) is 6.83. The van der Waals surface area contributed by atoms with Crippen LogP contribution in [0.15, 0.2) is 30.3 Å². The summed E-state index contributed by atoms with van der Waals surface area (Å²) in [5, 5.41) is 2.84. The zero-order valence-corrected chi connectivity index (χ0v) is 11.8. The van der Waals surface area contributed by atoms with Crippen LogP contribution >= 0.6 is 0 Å². The van der Waals surface area contributed by atoms with Crippen molar-refractivity contribution < 1.29 is 14.3 Å². The number of hydrogen-bond donors (Lipinski definition) is 1. The molecule has 1 aliphatic rings. The van der Waals surface area contributed by atoms with Gasteiger partial charge in [-0.25, -0.2) is 0 Å². The summed E-state index contributed by atoms with van der Waals surface area (Å²) < 4.78 is 5.37. The Labute approximate surface area is 118 Å². The third kappa shape index (κ3) is 3.73.